The first-order chi connectivity index (χ1) is 12.0. The summed E-state index contributed by atoms with van der Waals surface area (Å²) in [6.07, 6.45) is 4.73. The van der Waals surface area contributed by atoms with Gasteiger partial charge in [0.05, 0.1) is 5.69 Å². The summed E-state index contributed by atoms with van der Waals surface area (Å²) in [5.41, 5.74) is 2.23. The number of nitrogens with zero attached hydrogens (tertiary/aromatic N) is 4. The van der Waals surface area contributed by atoms with E-state index in [1.165, 1.54) is 6.26 Å². The summed E-state index contributed by atoms with van der Waals surface area (Å²) < 4.78 is 4.91. The zero-order valence-electron chi connectivity index (χ0n) is 15.2. The zero-order valence-corrected chi connectivity index (χ0v) is 15.2. The smallest absolute Gasteiger partial charge is 0.256 e. The van der Waals surface area contributed by atoms with Gasteiger partial charge in [0, 0.05) is 37.3 Å². The van der Waals surface area contributed by atoms with Crippen LogP contribution in [0, 0.1) is 6.92 Å². The molecule has 0 bridgehead atoms. The highest BCUT2D eigenvalue weighted by molar-refractivity contribution is 5.95. The summed E-state index contributed by atoms with van der Waals surface area (Å²) >= 11 is 0. The summed E-state index contributed by atoms with van der Waals surface area (Å²) in [5.74, 6) is 1.72. The fourth-order valence-corrected chi connectivity index (χ4v) is 3.12. The van der Waals surface area contributed by atoms with Crippen LogP contribution < -0.4 is 10.2 Å². The van der Waals surface area contributed by atoms with E-state index in [9.17, 15) is 4.79 Å². The maximum Gasteiger partial charge on any atom is 0.256 e. The number of carbonyl (C=O) groups excluding carboxylic acids is 1. The van der Waals surface area contributed by atoms with E-state index in [-0.39, 0.29) is 11.9 Å². The van der Waals surface area contributed by atoms with E-state index in [1.807, 2.05) is 19.9 Å². The third kappa shape index (κ3) is 3.65. The molecule has 0 atom stereocenters. The Morgan fingerprint density at radius 3 is 2.76 bits per heavy atom. The van der Waals surface area contributed by atoms with Crippen LogP contribution >= 0.6 is 0 Å². The number of aryl methyl sites for hydroxylation is 3. The highest BCUT2D eigenvalue weighted by atomic mass is 16.5. The molecular formula is C18H25N5O2. The predicted molar refractivity (Wildman–Crippen MR) is 94.7 cm³/mol. The van der Waals surface area contributed by atoms with Crippen LogP contribution in [-0.4, -0.2) is 40.2 Å². The maximum atomic E-state index is 12.3. The molecule has 0 aromatic carbocycles. The lowest BCUT2D eigenvalue weighted by Gasteiger charge is -2.42. The van der Waals surface area contributed by atoms with Gasteiger partial charge >= 0.3 is 0 Å². The normalized spacial score (nSPS) is 19.4. The van der Waals surface area contributed by atoms with Crippen molar-refractivity contribution in [3.63, 3.8) is 0 Å². The van der Waals surface area contributed by atoms with E-state index in [1.54, 1.807) is 0 Å². The largest absolute Gasteiger partial charge is 0.364 e. The second-order valence-corrected chi connectivity index (χ2v) is 6.57. The van der Waals surface area contributed by atoms with E-state index in [0.29, 0.717) is 23.7 Å². The van der Waals surface area contributed by atoms with Gasteiger partial charge < -0.3 is 14.7 Å². The molecule has 2 aromatic rings. The summed E-state index contributed by atoms with van der Waals surface area (Å²) in [4.78, 5) is 23.5. The van der Waals surface area contributed by atoms with Crippen LogP contribution in [0.15, 0.2) is 16.9 Å². The van der Waals surface area contributed by atoms with Crippen molar-refractivity contribution in [1.29, 1.82) is 0 Å². The second-order valence-electron chi connectivity index (χ2n) is 6.57. The minimum absolute atomic E-state index is 0.102. The number of carbonyl (C=O) groups is 1. The standard InChI is InChI=1S/C18H25N5O2/c1-5-15-14(10-25-22-15)18(24)20-12-8-13(9-12)23(4)17-7-11(3)19-16(6-2)21-17/h7,10,12-13H,5-6,8-9H2,1-4H3,(H,20,24). The number of rotatable bonds is 6. The van der Waals surface area contributed by atoms with Crippen molar-refractivity contribution in [2.24, 2.45) is 0 Å². The van der Waals surface area contributed by atoms with Crippen LogP contribution in [0.3, 0.4) is 0 Å². The fourth-order valence-electron chi connectivity index (χ4n) is 3.12. The number of nitrogens with one attached hydrogen (secondary N) is 1. The van der Waals surface area contributed by atoms with Crippen LogP contribution in [-0.2, 0) is 12.8 Å². The Morgan fingerprint density at radius 2 is 2.08 bits per heavy atom. The minimum atomic E-state index is -0.102. The lowest BCUT2D eigenvalue weighted by molar-refractivity contribution is 0.0907. The molecule has 0 spiro atoms. The van der Waals surface area contributed by atoms with Gasteiger partial charge in [-0.05, 0) is 26.2 Å². The van der Waals surface area contributed by atoms with Crippen molar-refractivity contribution in [3.05, 3.63) is 35.1 Å². The Balaban J connectivity index is 1.57. The minimum Gasteiger partial charge on any atom is -0.364 e. The van der Waals surface area contributed by atoms with E-state index in [0.717, 1.165) is 36.6 Å². The summed E-state index contributed by atoms with van der Waals surface area (Å²) in [7, 11) is 2.05. The zero-order chi connectivity index (χ0) is 18.0. The van der Waals surface area contributed by atoms with Gasteiger partial charge in [-0.25, -0.2) is 9.97 Å². The molecule has 0 saturated heterocycles. The van der Waals surface area contributed by atoms with Crippen LogP contribution in [0.25, 0.3) is 0 Å². The third-order valence-corrected chi connectivity index (χ3v) is 4.78. The SMILES string of the molecule is CCc1nc(C)cc(N(C)C2CC(NC(=O)c3conc3CC)C2)n1. The molecule has 1 aliphatic carbocycles. The van der Waals surface area contributed by atoms with Gasteiger partial charge in [-0.15, -0.1) is 0 Å². The van der Waals surface area contributed by atoms with Gasteiger partial charge in [0.2, 0.25) is 0 Å². The number of hydrogen-bond donors (Lipinski definition) is 1. The lowest BCUT2D eigenvalue weighted by atomic mass is 9.85. The van der Waals surface area contributed by atoms with Crippen molar-refractivity contribution < 1.29 is 9.32 Å². The third-order valence-electron chi connectivity index (χ3n) is 4.78. The van der Waals surface area contributed by atoms with Gasteiger partial charge in [-0.3, -0.25) is 4.79 Å². The Labute approximate surface area is 147 Å². The Bertz CT molecular complexity index is 752. The number of hydrogen-bond acceptors (Lipinski definition) is 6. The van der Waals surface area contributed by atoms with Gasteiger partial charge in [0.25, 0.3) is 5.91 Å². The highest BCUT2D eigenvalue weighted by Gasteiger charge is 2.34. The average molecular weight is 343 g/mol. The first kappa shape index (κ1) is 17.4. The average Bonchev–Trinajstić information content (AvgIpc) is 3.05. The topological polar surface area (TPSA) is 84.2 Å². The Kier molecular flexibility index (Phi) is 5.01. The van der Waals surface area contributed by atoms with Crippen molar-refractivity contribution in [2.45, 2.75) is 58.5 Å². The molecule has 1 aliphatic rings. The highest BCUT2D eigenvalue weighted by Crippen LogP contribution is 2.28. The van der Waals surface area contributed by atoms with Gasteiger partial charge in [-0.1, -0.05) is 19.0 Å². The van der Waals surface area contributed by atoms with Gasteiger partial charge in [0.1, 0.15) is 23.5 Å². The number of amides is 1. The Morgan fingerprint density at radius 1 is 1.32 bits per heavy atom. The summed E-state index contributed by atoms with van der Waals surface area (Å²) in [6.45, 7) is 6.01. The fraction of sp³-hybridized carbons (Fsp3) is 0.556. The van der Waals surface area contributed by atoms with Crippen LogP contribution in [0.5, 0.6) is 0 Å². The van der Waals surface area contributed by atoms with Gasteiger partial charge in [0.15, 0.2) is 0 Å². The first-order valence-corrected chi connectivity index (χ1v) is 8.83. The lowest BCUT2D eigenvalue weighted by Crippen LogP contribution is -2.53. The quantitative estimate of drug-likeness (QED) is 0.866. The van der Waals surface area contributed by atoms with Crippen molar-refractivity contribution in [3.8, 4) is 0 Å². The summed E-state index contributed by atoms with van der Waals surface area (Å²) in [6, 6.07) is 2.56. The molecule has 134 valence electrons. The number of anilines is 1. The van der Waals surface area contributed by atoms with Crippen LogP contribution in [0.2, 0.25) is 0 Å². The predicted octanol–water partition coefficient (Wildman–Crippen LogP) is 2.30. The van der Waals surface area contributed by atoms with E-state index >= 15 is 0 Å². The molecule has 1 N–H and O–H groups in total. The van der Waals surface area contributed by atoms with E-state index in [2.05, 4.69) is 39.3 Å². The summed E-state index contributed by atoms with van der Waals surface area (Å²) in [5, 5.41) is 6.92. The number of aromatic nitrogens is 3. The monoisotopic (exact) mass is 343 g/mol. The van der Waals surface area contributed by atoms with Crippen molar-refractivity contribution >= 4 is 11.7 Å². The van der Waals surface area contributed by atoms with E-state index < -0.39 is 0 Å². The molecule has 3 rings (SSSR count). The molecular weight excluding hydrogens is 318 g/mol. The molecule has 0 radical (unpaired) electrons. The van der Waals surface area contributed by atoms with E-state index in [4.69, 9.17) is 4.52 Å². The Hall–Kier alpha value is -2.44. The molecule has 7 heteroatoms. The molecule has 2 aromatic heterocycles. The van der Waals surface area contributed by atoms with Crippen molar-refractivity contribution in [1.82, 2.24) is 20.4 Å². The van der Waals surface area contributed by atoms with Crippen LogP contribution in [0.4, 0.5) is 5.82 Å². The molecule has 0 aliphatic heterocycles. The second kappa shape index (κ2) is 7.21. The first-order valence-electron chi connectivity index (χ1n) is 8.83. The maximum absolute atomic E-state index is 12.3. The molecule has 0 unspecified atom stereocenters. The molecule has 1 amide bonds. The van der Waals surface area contributed by atoms with Gasteiger partial charge in [-0.2, -0.15) is 0 Å². The molecule has 25 heavy (non-hydrogen) atoms. The van der Waals surface area contributed by atoms with Crippen LogP contribution in [0.1, 0.15) is 54.3 Å². The molecule has 7 nitrogen and oxygen atoms in total. The molecule has 2 heterocycles. The molecule has 1 saturated carbocycles. The van der Waals surface area contributed by atoms with Crippen molar-refractivity contribution in [2.75, 3.05) is 11.9 Å². The molecule has 1 fully saturated rings.